The van der Waals surface area contributed by atoms with Gasteiger partial charge in [-0.05, 0) is 24.6 Å². The third kappa shape index (κ3) is 1.33. The van der Waals surface area contributed by atoms with Gasteiger partial charge in [-0.1, -0.05) is 17.7 Å². The van der Waals surface area contributed by atoms with Gasteiger partial charge in [0.2, 0.25) is 5.56 Å². The fourth-order valence-electron chi connectivity index (χ4n) is 1.31. The van der Waals surface area contributed by atoms with Crippen molar-refractivity contribution in [2.75, 3.05) is 0 Å². The van der Waals surface area contributed by atoms with Gasteiger partial charge in [0.05, 0.1) is 5.02 Å². The van der Waals surface area contributed by atoms with E-state index < -0.39 is 0 Å². The Morgan fingerprint density at radius 2 is 2.00 bits per heavy atom. The number of benzene rings is 1. The number of hydrogen-bond acceptors (Lipinski definition) is 1. The van der Waals surface area contributed by atoms with Crippen LogP contribution in [0, 0.1) is 6.92 Å². The maximum Gasteiger partial charge on any atom is 0.248 e. The number of aromatic amines is 1. The van der Waals surface area contributed by atoms with E-state index in [4.69, 9.17) is 11.6 Å². The van der Waals surface area contributed by atoms with E-state index in [1.54, 1.807) is 6.07 Å². The van der Waals surface area contributed by atoms with Crippen LogP contribution in [0.2, 0.25) is 5.02 Å². The zero-order chi connectivity index (χ0) is 9.42. The lowest BCUT2D eigenvalue weighted by molar-refractivity contribution is 1.30. The van der Waals surface area contributed by atoms with Gasteiger partial charge in [0, 0.05) is 17.0 Å². The topological polar surface area (TPSA) is 32.9 Å². The van der Waals surface area contributed by atoms with Crippen LogP contribution in [0.5, 0.6) is 0 Å². The van der Waals surface area contributed by atoms with Gasteiger partial charge in [0.15, 0.2) is 0 Å². The highest BCUT2D eigenvalue weighted by atomic mass is 35.5. The molecule has 0 unspecified atom stereocenters. The molecule has 1 N–H and O–H groups in total. The second-order valence-electron chi connectivity index (χ2n) is 2.98. The smallest absolute Gasteiger partial charge is 0.248 e. The highest BCUT2D eigenvalue weighted by Crippen LogP contribution is 2.24. The van der Waals surface area contributed by atoms with Crippen molar-refractivity contribution in [1.29, 1.82) is 0 Å². The zero-order valence-electron chi connectivity index (χ0n) is 7.10. The van der Waals surface area contributed by atoms with Gasteiger partial charge in [0.25, 0.3) is 0 Å². The van der Waals surface area contributed by atoms with Crippen LogP contribution in [0.1, 0.15) is 5.56 Å². The monoisotopic (exact) mass is 193 g/mol. The normalized spacial score (nSPS) is 10.6. The van der Waals surface area contributed by atoms with Crippen LogP contribution >= 0.6 is 11.6 Å². The summed E-state index contributed by atoms with van der Waals surface area (Å²) >= 11 is 6.06. The first-order chi connectivity index (χ1) is 6.18. The summed E-state index contributed by atoms with van der Waals surface area (Å²) in [6, 6.07) is 6.97. The molecule has 0 spiro atoms. The molecule has 3 heteroatoms. The summed E-state index contributed by atoms with van der Waals surface area (Å²) in [5, 5.41) is 1.59. The Morgan fingerprint density at radius 3 is 2.77 bits per heavy atom. The van der Waals surface area contributed by atoms with Crippen molar-refractivity contribution in [1.82, 2.24) is 4.98 Å². The minimum Gasteiger partial charge on any atom is -0.322 e. The number of fused-ring (bicyclic) bond motifs is 1. The molecule has 0 aliphatic carbocycles. The third-order valence-corrected chi connectivity index (χ3v) is 2.53. The first-order valence-electron chi connectivity index (χ1n) is 3.96. The molecule has 2 rings (SSSR count). The predicted molar refractivity (Wildman–Crippen MR) is 54.3 cm³/mol. The van der Waals surface area contributed by atoms with Crippen molar-refractivity contribution in [3.8, 4) is 0 Å². The number of hydrogen-bond donors (Lipinski definition) is 1. The molecule has 2 nitrogen and oxygen atoms in total. The number of H-pyrrole nitrogens is 1. The standard InChI is InChI=1S/C10H8ClNO/c1-6-2-4-8-7(10(6)11)3-5-9(13)12-8/h2-5H,1H3,(H,12,13). The van der Waals surface area contributed by atoms with Crippen LogP contribution in [0.4, 0.5) is 0 Å². The maximum absolute atomic E-state index is 11.0. The Labute approximate surface area is 80.2 Å². The summed E-state index contributed by atoms with van der Waals surface area (Å²) in [5.74, 6) is 0. The summed E-state index contributed by atoms with van der Waals surface area (Å²) in [6.07, 6.45) is 0. The average Bonchev–Trinajstić information content (AvgIpc) is 2.12. The first-order valence-corrected chi connectivity index (χ1v) is 4.34. The van der Waals surface area contributed by atoms with Crippen LogP contribution < -0.4 is 5.56 Å². The molecular formula is C10H8ClNO. The van der Waals surface area contributed by atoms with Crippen LogP contribution in [-0.4, -0.2) is 4.98 Å². The number of aryl methyl sites for hydroxylation is 1. The molecule has 1 heterocycles. The van der Waals surface area contributed by atoms with E-state index in [-0.39, 0.29) is 5.56 Å². The van der Waals surface area contributed by atoms with Crippen molar-refractivity contribution < 1.29 is 0 Å². The molecule has 13 heavy (non-hydrogen) atoms. The van der Waals surface area contributed by atoms with Crippen molar-refractivity contribution >= 4 is 22.5 Å². The lowest BCUT2D eigenvalue weighted by Gasteiger charge is -2.02. The molecular weight excluding hydrogens is 186 g/mol. The van der Waals surface area contributed by atoms with E-state index in [1.165, 1.54) is 6.07 Å². The van der Waals surface area contributed by atoms with E-state index in [1.807, 2.05) is 19.1 Å². The Morgan fingerprint density at radius 1 is 1.23 bits per heavy atom. The van der Waals surface area contributed by atoms with Crippen LogP contribution in [0.15, 0.2) is 29.1 Å². The van der Waals surface area contributed by atoms with Gasteiger partial charge in [-0.3, -0.25) is 4.79 Å². The Balaban J connectivity index is 2.95. The second-order valence-corrected chi connectivity index (χ2v) is 3.36. The molecule has 66 valence electrons. The summed E-state index contributed by atoms with van der Waals surface area (Å²) in [5.41, 5.74) is 1.69. The molecule has 0 fully saturated rings. The number of halogens is 1. The number of nitrogens with one attached hydrogen (secondary N) is 1. The fourth-order valence-corrected chi connectivity index (χ4v) is 1.54. The van der Waals surface area contributed by atoms with Gasteiger partial charge in [0.1, 0.15) is 0 Å². The van der Waals surface area contributed by atoms with Gasteiger partial charge < -0.3 is 4.98 Å². The quantitative estimate of drug-likeness (QED) is 0.685. The van der Waals surface area contributed by atoms with E-state index in [0.717, 1.165) is 16.5 Å². The highest BCUT2D eigenvalue weighted by molar-refractivity contribution is 6.36. The predicted octanol–water partition coefficient (Wildman–Crippen LogP) is 2.49. The van der Waals surface area contributed by atoms with Gasteiger partial charge in [-0.25, -0.2) is 0 Å². The van der Waals surface area contributed by atoms with Gasteiger partial charge in [-0.2, -0.15) is 0 Å². The van der Waals surface area contributed by atoms with E-state index in [9.17, 15) is 4.79 Å². The Kier molecular flexibility index (Phi) is 1.85. The molecule has 0 amide bonds. The molecule has 0 saturated heterocycles. The summed E-state index contributed by atoms with van der Waals surface area (Å²) in [7, 11) is 0. The first kappa shape index (κ1) is 8.32. The zero-order valence-corrected chi connectivity index (χ0v) is 7.85. The minimum absolute atomic E-state index is 0.104. The Bertz CT molecular complexity index is 516. The van der Waals surface area contributed by atoms with Crippen molar-refractivity contribution in [2.24, 2.45) is 0 Å². The minimum atomic E-state index is -0.104. The lowest BCUT2D eigenvalue weighted by atomic mass is 10.1. The van der Waals surface area contributed by atoms with E-state index in [2.05, 4.69) is 4.98 Å². The number of rotatable bonds is 0. The van der Waals surface area contributed by atoms with E-state index in [0.29, 0.717) is 5.02 Å². The molecule has 0 saturated carbocycles. The average molecular weight is 194 g/mol. The highest BCUT2D eigenvalue weighted by Gasteiger charge is 2.01. The number of pyridine rings is 1. The molecule has 0 aliphatic rings. The second kappa shape index (κ2) is 2.89. The molecule has 1 aromatic carbocycles. The molecule has 1 aromatic heterocycles. The Hall–Kier alpha value is -1.28. The SMILES string of the molecule is Cc1ccc2[nH]c(=O)ccc2c1Cl. The lowest BCUT2D eigenvalue weighted by Crippen LogP contribution is -2.02. The molecule has 0 radical (unpaired) electrons. The van der Waals surface area contributed by atoms with Crippen LogP contribution in [0.25, 0.3) is 10.9 Å². The molecule has 2 aromatic rings. The third-order valence-electron chi connectivity index (χ3n) is 2.03. The fraction of sp³-hybridized carbons (Fsp3) is 0.100. The largest absolute Gasteiger partial charge is 0.322 e. The molecule has 0 aliphatic heterocycles. The molecule has 0 bridgehead atoms. The molecule has 0 atom stereocenters. The summed E-state index contributed by atoms with van der Waals surface area (Å²) in [4.78, 5) is 13.7. The maximum atomic E-state index is 11.0. The van der Waals surface area contributed by atoms with Crippen LogP contribution in [0.3, 0.4) is 0 Å². The van der Waals surface area contributed by atoms with Crippen LogP contribution in [-0.2, 0) is 0 Å². The van der Waals surface area contributed by atoms with E-state index >= 15 is 0 Å². The van der Waals surface area contributed by atoms with Crippen molar-refractivity contribution in [2.45, 2.75) is 6.92 Å². The van der Waals surface area contributed by atoms with Crippen molar-refractivity contribution in [3.63, 3.8) is 0 Å². The number of aromatic nitrogens is 1. The summed E-state index contributed by atoms with van der Waals surface area (Å²) in [6.45, 7) is 1.94. The van der Waals surface area contributed by atoms with Crippen molar-refractivity contribution in [3.05, 3.63) is 45.2 Å². The van der Waals surface area contributed by atoms with Gasteiger partial charge >= 0.3 is 0 Å². The van der Waals surface area contributed by atoms with Gasteiger partial charge in [-0.15, -0.1) is 0 Å². The summed E-state index contributed by atoms with van der Waals surface area (Å²) < 4.78 is 0.